The summed E-state index contributed by atoms with van der Waals surface area (Å²) in [6, 6.07) is 6.21. The largest absolute Gasteiger partial charge is 0.504 e. The van der Waals surface area contributed by atoms with E-state index in [2.05, 4.69) is 30.1 Å². The second-order valence-electron chi connectivity index (χ2n) is 6.20. The molecule has 1 fully saturated rings. The Balaban J connectivity index is 0.00000242. The number of benzene rings is 1. The van der Waals surface area contributed by atoms with Gasteiger partial charge in [0.1, 0.15) is 0 Å². The minimum atomic E-state index is 0. The van der Waals surface area contributed by atoms with Gasteiger partial charge in [-0.25, -0.2) is 0 Å². The fraction of sp³-hybridized carbons (Fsp3) is 0.647. The molecule has 0 aromatic heterocycles. The molecule has 134 valence electrons. The molecule has 0 spiro atoms. The van der Waals surface area contributed by atoms with E-state index in [-0.39, 0.29) is 30.6 Å². The summed E-state index contributed by atoms with van der Waals surface area (Å²) in [6.45, 7) is 8.74. The number of phenolic OH excluding ortho intramolecular Hbond substituents is 1. The number of nitrogens with zero attached hydrogens (tertiary/aromatic N) is 1. The number of rotatable bonds is 6. The summed E-state index contributed by atoms with van der Waals surface area (Å²) in [6.07, 6.45) is 2.32. The van der Waals surface area contributed by atoms with Gasteiger partial charge < -0.3 is 15.2 Å². The minimum Gasteiger partial charge on any atom is -0.504 e. The van der Waals surface area contributed by atoms with Gasteiger partial charge in [0.25, 0.3) is 0 Å². The average Bonchev–Trinajstić information content (AvgIpc) is 2.48. The third kappa shape index (κ3) is 6.38. The molecule has 0 bridgehead atoms. The van der Waals surface area contributed by atoms with Crippen molar-refractivity contribution in [1.29, 1.82) is 0 Å². The van der Waals surface area contributed by atoms with Crippen molar-refractivity contribution in [3.8, 4) is 11.5 Å². The lowest BCUT2D eigenvalue weighted by Gasteiger charge is -2.35. The standard InChI is InChI=1S/C17H28N2O2.2ClH/c1-13(2)4-6-15(19-10-8-18-9-11-19)14-5-7-17(21-3)16(20)12-14;;/h5,7,12-13,15,18,20H,4,6,8-11H2,1-3H3;2*1H/t15-;;/m1../s1. The first-order valence-corrected chi connectivity index (χ1v) is 7.93. The summed E-state index contributed by atoms with van der Waals surface area (Å²) in [7, 11) is 1.58. The number of ether oxygens (including phenoxy) is 1. The van der Waals surface area contributed by atoms with Crippen LogP contribution in [0.3, 0.4) is 0 Å². The summed E-state index contributed by atoms with van der Waals surface area (Å²) in [5.41, 5.74) is 1.19. The van der Waals surface area contributed by atoms with Gasteiger partial charge >= 0.3 is 0 Å². The Kier molecular flexibility index (Phi) is 10.7. The number of hydrogen-bond donors (Lipinski definition) is 2. The third-order valence-electron chi connectivity index (χ3n) is 4.20. The van der Waals surface area contributed by atoms with Crippen LogP contribution in [-0.4, -0.2) is 43.3 Å². The molecule has 0 unspecified atom stereocenters. The Labute approximate surface area is 152 Å². The molecular weight excluding hydrogens is 335 g/mol. The van der Waals surface area contributed by atoms with Crippen molar-refractivity contribution < 1.29 is 9.84 Å². The highest BCUT2D eigenvalue weighted by Gasteiger charge is 2.23. The minimum absolute atomic E-state index is 0. The van der Waals surface area contributed by atoms with Gasteiger partial charge in [0.2, 0.25) is 0 Å². The van der Waals surface area contributed by atoms with Crippen LogP contribution in [0.2, 0.25) is 0 Å². The predicted octanol–water partition coefficient (Wildman–Crippen LogP) is 3.63. The van der Waals surface area contributed by atoms with Crippen molar-refractivity contribution in [3.05, 3.63) is 23.8 Å². The van der Waals surface area contributed by atoms with Gasteiger partial charge in [-0.15, -0.1) is 24.8 Å². The lowest BCUT2D eigenvalue weighted by molar-refractivity contribution is 0.159. The van der Waals surface area contributed by atoms with Gasteiger partial charge in [0.05, 0.1) is 7.11 Å². The molecule has 4 nitrogen and oxygen atoms in total. The Bertz CT molecular complexity index is 452. The topological polar surface area (TPSA) is 44.7 Å². The molecule has 1 saturated heterocycles. The molecule has 23 heavy (non-hydrogen) atoms. The van der Waals surface area contributed by atoms with Crippen LogP contribution in [0.1, 0.15) is 38.3 Å². The Hall–Kier alpha value is -0.680. The lowest BCUT2D eigenvalue weighted by Crippen LogP contribution is -2.45. The molecule has 0 radical (unpaired) electrons. The van der Waals surface area contributed by atoms with Crippen LogP contribution in [0.4, 0.5) is 0 Å². The van der Waals surface area contributed by atoms with Crippen molar-refractivity contribution >= 4 is 24.8 Å². The summed E-state index contributed by atoms with van der Waals surface area (Å²) in [5.74, 6) is 1.48. The molecular formula is C17H30Cl2N2O2. The number of aromatic hydroxyl groups is 1. The van der Waals surface area contributed by atoms with Gasteiger partial charge in [-0.2, -0.15) is 0 Å². The Morgan fingerprint density at radius 1 is 1.17 bits per heavy atom. The molecule has 1 atom stereocenters. The fourth-order valence-electron chi connectivity index (χ4n) is 2.96. The van der Waals surface area contributed by atoms with E-state index in [0.717, 1.165) is 32.6 Å². The summed E-state index contributed by atoms with van der Waals surface area (Å²) in [5, 5.41) is 13.5. The zero-order valence-electron chi connectivity index (χ0n) is 14.2. The van der Waals surface area contributed by atoms with E-state index in [9.17, 15) is 5.11 Å². The van der Waals surface area contributed by atoms with Crippen LogP contribution >= 0.6 is 24.8 Å². The Morgan fingerprint density at radius 2 is 1.83 bits per heavy atom. The van der Waals surface area contributed by atoms with E-state index in [4.69, 9.17) is 4.74 Å². The first-order chi connectivity index (χ1) is 10.1. The second kappa shape index (κ2) is 11.0. The van der Waals surface area contributed by atoms with Gasteiger partial charge in [-0.1, -0.05) is 19.9 Å². The third-order valence-corrected chi connectivity index (χ3v) is 4.20. The number of piperazine rings is 1. The molecule has 2 N–H and O–H groups in total. The summed E-state index contributed by atoms with van der Waals surface area (Å²) < 4.78 is 5.15. The molecule has 2 rings (SSSR count). The highest BCUT2D eigenvalue weighted by atomic mass is 35.5. The van der Waals surface area contributed by atoms with Crippen LogP contribution in [0.5, 0.6) is 11.5 Å². The van der Waals surface area contributed by atoms with Crippen LogP contribution in [-0.2, 0) is 0 Å². The fourth-order valence-corrected chi connectivity index (χ4v) is 2.96. The molecule has 1 aromatic carbocycles. The van der Waals surface area contributed by atoms with Crippen LogP contribution in [0, 0.1) is 5.92 Å². The number of phenols is 1. The molecule has 6 heteroatoms. The second-order valence-corrected chi connectivity index (χ2v) is 6.20. The number of methoxy groups -OCH3 is 1. The maximum absolute atomic E-state index is 10.1. The Morgan fingerprint density at radius 3 is 2.35 bits per heavy atom. The lowest BCUT2D eigenvalue weighted by atomic mass is 9.95. The van der Waals surface area contributed by atoms with Crippen LogP contribution in [0.25, 0.3) is 0 Å². The maximum Gasteiger partial charge on any atom is 0.160 e. The summed E-state index contributed by atoms with van der Waals surface area (Å²) >= 11 is 0. The smallest absolute Gasteiger partial charge is 0.160 e. The van der Waals surface area contributed by atoms with E-state index >= 15 is 0 Å². The zero-order valence-corrected chi connectivity index (χ0v) is 15.9. The monoisotopic (exact) mass is 364 g/mol. The molecule has 1 aliphatic heterocycles. The SMILES string of the molecule is COc1ccc([C@@H](CCC(C)C)N2CCNCC2)cc1O.Cl.Cl. The quantitative estimate of drug-likeness (QED) is 0.808. The van der Waals surface area contributed by atoms with Gasteiger partial charge in [0.15, 0.2) is 11.5 Å². The van der Waals surface area contributed by atoms with Crippen molar-refractivity contribution in [2.24, 2.45) is 5.92 Å². The van der Waals surface area contributed by atoms with Crippen molar-refractivity contribution in [2.45, 2.75) is 32.7 Å². The van der Waals surface area contributed by atoms with E-state index in [1.165, 1.54) is 12.0 Å². The van der Waals surface area contributed by atoms with Gasteiger partial charge in [-0.3, -0.25) is 4.90 Å². The highest BCUT2D eigenvalue weighted by molar-refractivity contribution is 5.85. The van der Waals surface area contributed by atoms with E-state index < -0.39 is 0 Å². The molecule has 1 heterocycles. The van der Waals surface area contributed by atoms with Crippen molar-refractivity contribution in [3.63, 3.8) is 0 Å². The predicted molar refractivity (Wildman–Crippen MR) is 100 cm³/mol. The number of hydrogen-bond acceptors (Lipinski definition) is 4. The molecule has 1 aliphatic rings. The molecule has 0 aliphatic carbocycles. The normalized spacial score (nSPS) is 16.3. The molecule has 0 saturated carbocycles. The van der Waals surface area contributed by atoms with Crippen molar-refractivity contribution in [2.75, 3.05) is 33.3 Å². The number of nitrogens with one attached hydrogen (secondary N) is 1. The van der Waals surface area contributed by atoms with E-state index in [1.54, 1.807) is 7.11 Å². The molecule has 0 amide bonds. The van der Waals surface area contributed by atoms with Gasteiger partial charge in [0, 0.05) is 32.2 Å². The van der Waals surface area contributed by atoms with Crippen LogP contribution < -0.4 is 10.1 Å². The van der Waals surface area contributed by atoms with Gasteiger partial charge in [-0.05, 0) is 36.5 Å². The summed E-state index contributed by atoms with van der Waals surface area (Å²) in [4.78, 5) is 2.53. The maximum atomic E-state index is 10.1. The number of halogens is 2. The zero-order chi connectivity index (χ0) is 15.2. The first kappa shape index (κ1) is 22.3. The first-order valence-electron chi connectivity index (χ1n) is 7.93. The van der Waals surface area contributed by atoms with E-state index in [0.29, 0.717) is 17.7 Å². The van der Waals surface area contributed by atoms with Crippen LogP contribution in [0.15, 0.2) is 18.2 Å². The van der Waals surface area contributed by atoms with E-state index in [1.807, 2.05) is 12.1 Å². The van der Waals surface area contributed by atoms with Crippen molar-refractivity contribution in [1.82, 2.24) is 10.2 Å². The molecule has 1 aromatic rings. The average molecular weight is 365 g/mol. The highest BCUT2D eigenvalue weighted by Crippen LogP contribution is 2.34.